The molecule has 2 nitrogen and oxygen atoms in total. The molecular weight excluding hydrogens is 246 g/mol. The van der Waals surface area contributed by atoms with Crippen molar-refractivity contribution in [3.8, 4) is 0 Å². The fourth-order valence-electron chi connectivity index (χ4n) is 2.73. The van der Waals surface area contributed by atoms with Crippen LogP contribution in [0.3, 0.4) is 0 Å². The Morgan fingerprint density at radius 1 is 1.10 bits per heavy atom. The summed E-state index contributed by atoms with van der Waals surface area (Å²) in [6.07, 6.45) is 2.31. The molecule has 1 rings (SSSR count). The molecule has 0 atom stereocenters. The van der Waals surface area contributed by atoms with Crippen molar-refractivity contribution in [1.82, 2.24) is 5.32 Å². The van der Waals surface area contributed by atoms with Gasteiger partial charge in [-0.2, -0.15) is 0 Å². The Hall–Kier alpha value is -0.860. The zero-order valence-corrected chi connectivity index (χ0v) is 13.8. The highest BCUT2D eigenvalue weighted by molar-refractivity contribution is 5.31. The van der Waals surface area contributed by atoms with Gasteiger partial charge in [-0.25, -0.2) is 0 Å². The first-order valence-electron chi connectivity index (χ1n) is 7.89. The highest BCUT2D eigenvalue weighted by Crippen LogP contribution is 2.32. The molecule has 0 saturated heterocycles. The third-order valence-corrected chi connectivity index (χ3v) is 4.49. The zero-order chi connectivity index (χ0) is 15.0. The Kier molecular flexibility index (Phi) is 7.25. The first kappa shape index (κ1) is 17.2. The molecule has 2 heteroatoms. The topological polar surface area (TPSA) is 21.3 Å². The fourth-order valence-corrected chi connectivity index (χ4v) is 2.73. The van der Waals surface area contributed by atoms with Crippen LogP contribution in [0.25, 0.3) is 0 Å². The zero-order valence-electron chi connectivity index (χ0n) is 13.8. The molecular formula is C18H31NO. The molecule has 1 aromatic rings. The van der Waals surface area contributed by atoms with E-state index in [1.54, 1.807) is 7.11 Å². The number of benzene rings is 1. The van der Waals surface area contributed by atoms with E-state index in [4.69, 9.17) is 4.74 Å². The SMILES string of the molecule is CCC(CC)(CNCCOC)c1ccc(C(C)C)cc1. The Balaban J connectivity index is 2.82. The van der Waals surface area contributed by atoms with Crippen molar-refractivity contribution >= 4 is 0 Å². The first-order chi connectivity index (χ1) is 9.59. The van der Waals surface area contributed by atoms with Crippen LogP contribution in [-0.2, 0) is 10.2 Å². The van der Waals surface area contributed by atoms with Crippen molar-refractivity contribution in [2.24, 2.45) is 0 Å². The third kappa shape index (κ3) is 4.32. The van der Waals surface area contributed by atoms with Gasteiger partial charge in [0, 0.05) is 25.6 Å². The molecule has 0 aromatic heterocycles. The molecule has 0 unspecified atom stereocenters. The van der Waals surface area contributed by atoms with Crippen molar-refractivity contribution in [2.45, 2.75) is 51.9 Å². The monoisotopic (exact) mass is 277 g/mol. The summed E-state index contributed by atoms with van der Waals surface area (Å²) in [5, 5.41) is 3.54. The molecule has 1 N–H and O–H groups in total. The predicted molar refractivity (Wildman–Crippen MR) is 87.5 cm³/mol. The van der Waals surface area contributed by atoms with Crippen LogP contribution in [0.2, 0.25) is 0 Å². The molecule has 0 amide bonds. The Bertz CT molecular complexity index is 366. The average Bonchev–Trinajstić information content (AvgIpc) is 2.48. The summed E-state index contributed by atoms with van der Waals surface area (Å²) >= 11 is 0. The lowest BCUT2D eigenvalue weighted by Gasteiger charge is -2.33. The number of ether oxygens (including phenoxy) is 1. The van der Waals surface area contributed by atoms with Gasteiger partial charge in [0.15, 0.2) is 0 Å². The molecule has 0 heterocycles. The van der Waals surface area contributed by atoms with E-state index in [-0.39, 0.29) is 5.41 Å². The van der Waals surface area contributed by atoms with Crippen LogP contribution in [0.5, 0.6) is 0 Å². The Morgan fingerprint density at radius 2 is 1.70 bits per heavy atom. The number of nitrogens with one attached hydrogen (secondary N) is 1. The van der Waals surface area contributed by atoms with Crippen LogP contribution in [-0.4, -0.2) is 26.8 Å². The lowest BCUT2D eigenvalue weighted by Crippen LogP contribution is -2.38. The van der Waals surface area contributed by atoms with Crippen LogP contribution in [0.1, 0.15) is 57.6 Å². The predicted octanol–water partition coefficient (Wildman–Crippen LogP) is 4.10. The Labute approximate surface area is 124 Å². The van der Waals surface area contributed by atoms with E-state index in [9.17, 15) is 0 Å². The number of rotatable bonds is 9. The van der Waals surface area contributed by atoms with Gasteiger partial charge in [0.2, 0.25) is 0 Å². The summed E-state index contributed by atoms with van der Waals surface area (Å²) in [5.74, 6) is 0.599. The summed E-state index contributed by atoms with van der Waals surface area (Å²) in [6.45, 7) is 11.8. The first-order valence-corrected chi connectivity index (χ1v) is 7.89. The van der Waals surface area contributed by atoms with Gasteiger partial charge in [0.1, 0.15) is 0 Å². The summed E-state index contributed by atoms with van der Waals surface area (Å²) in [4.78, 5) is 0. The second-order valence-corrected chi connectivity index (χ2v) is 5.93. The van der Waals surface area contributed by atoms with Gasteiger partial charge in [-0.3, -0.25) is 0 Å². The van der Waals surface area contributed by atoms with Gasteiger partial charge in [0.05, 0.1) is 6.61 Å². The molecule has 0 radical (unpaired) electrons. The fraction of sp³-hybridized carbons (Fsp3) is 0.667. The van der Waals surface area contributed by atoms with Gasteiger partial charge >= 0.3 is 0 Å². The lowest BCUT2D eigenvalue weighted by atomic mass is 9.75. The molecule has 0 bridgehead atoms. The smallest absolute Gasteiger partial charge is 0.0587 e. The van der Waals surface area contributed by atoms with Crippen LogP contribution in [0, 0.1) is 0 Å². The molecule has 0 aliphatic carbocycles. The maximum absolute atomic E-state index is 5.11. The van der Waals surface area contributed by atoms with E-state index >= 15 is 0 Å². The van der Waals surface area contributed by atoms with Gasteiger partial charge in [-0.1, -0.05) is 52.0 Å². The second-order valence-electron chi connectivity index (χ2n) is 5.93. The van der Waals surface area contributed by atoms with Gasteiger partial charge in [-0.15, -0.1) is 0 Å². The highest BCUT2D eigenvalue weighted by atomic mass is 16.5. The molecule has 0 saturated carbocycles. The van der Waals surface area contributed by atoms with E-state index < -0.39 is 0 Å². The summed E-state index contributed by atoms with van der Waals surface area (Å²) in [5.41, 5.74) is 3.11. The molecule has 20 heavy (non-hydrogen) atoms. The minimum absolute atomic E-state index is 0.239. The molecule has 1 aromatic carbocycles. The Morgan fingerprint density at radius 3 is 2.15 bits per heavy atom. The molecule has 0 aliphatic heterocycles. The molecule has 114 valence electrons. The van der Waals surface area contributed by atoms with E-state index in [0.717, 1.165) is 32.5 Å². The van der Waals surface area contributed by atoms with Gasteiger partial charge < -0.3 is 10.1 Å². The quantitative estimate of drug-likeness (QED) is 0.686. The summed E-state index contributed by atoms with van der Waals surface area (Å²) in [7, 11) is 1.75. The van der Waals surface area contributed by atoms with Crippen LogP contribution >= 0.6 is 0 Å². The molecule has 0 spiro atoms. The van der Waals surface area contributed by atoms with Crippen molar-refractivity contribution in [1.29, 1.82) is 0 Å². The van der Waals surface area contributed by atoms with E-state index in [2.05, 4.69) is 57.3 Å². The standard InChI is InChI=1S/C18H31NO/c1-6-18(7-2,14-19-12-13-20-5)17-10-8-16(9-11-17)15(3)4/h8-11,15,19H,6-7,12-14H2,1-5H3. The number of hydrogen-bond acceptors (Lipinski definition) is 2. The lowest BCUT2D eigenvalue weighted by molar-refractivity contribution is 0.195. The van der Waals surface area contributed by atoms with Gasteiger partial charge in [0.25, 0.3) is 0 Å². The van der Waals surface area contributed by atoms with Crippen molar-refractivity contribution < 1.29 is 4.74 Å². The van der Waals surface area contributed by atoms with Crippen molar-refractivity contribution in [3.63, 3.8) is 0 Å². The van der Waals surface area contributed by atoms with Gasteiger partial charge in [-0.05, 0) is 29.9 Å². The van der Waals surface area contributed by atoms with Crippen LogP contribution in [0.15, 0.2) is 24.3 Å². The van der Waals surface area contributed by atoms with Crippen LogP contribution < -0.4 is 5.32 Å². The summed E-state index contributed by atoms with van der Waals surface area (Å²) < 4.78 is 5.11. The maximum atomic E-state index is 5.11. The maximum Gasteiger partial charge on any atom is 0.0587 e. The normalized spacial score (nSPS) is 12.1. The molecule has 0 aliphatic rings. The van der Waals surface area contributed by atoms with Crippen LogP contribution in [0.4, 0.5) is 0 Å². The number of methoxy groups -OCH3 is 1. The average molecular weight is 277 g/mol. The largest absolute Gasteiger partial charge is 0.383 e. The number of hydrogen-bond donors (Lipinski definition) is 1. The van der Waals surface area contributed by atoms with E-state index in [1.165, 1.54) is 11.1 Å². The van der Waals surface area contributed by atoms with Crippen molar-refractivity contribution in [2.75, 3.05) is 26.8 Å². The van der Waals surface area contributed by atoms with E-state index in [1.807, 2.05) is 0 Å². The minimum Gasteiger partial charge on any atom is -0.383 e. The highest BCUT2D eigenvalue weighted by Gasteiger charge is 2.27. The minimum atomic E-state index is 0.239. The van der Waals surface area contributed by atoms with E-state index in [0.29, 0.717) is 5.92 Å². The summed E-state index contributed by atoms with van der Waals surface area (Å²) in [6, 6.07) is 9.21. The molecule has 0 fully saturated rings. The third-order valence-electron chi connectivity index (χ3n) is 4.49. The second kappa shape index (κ2) is 8.43. The van der Waals surface area contributed by atoms with Crippen molar-refractivity contribution in [3.05, 3.63) is 35.4 Å².